The summed E-state index contributed by atoms with van der Waals surface area (Å²) < 4.78 is 79.5. The molecule has 0 fully saturated rings. The number of hydrogen-bond donors (Lipinski definition) is 0. The first-order valence-corrected chi connectivity index (χ1v) is 8.26. The van der Waals surface area contributed by atoms with Gasteiger partial charge in [0.15, 0.2) is 0 Å². The van der Waals surface area contributed by atoms with Gasteiger partial charge in [-0.2, -0.15) is 22.0 Å². The fourth-order valence-electron chi connectivity index (χ4n) is 2.32. The van der Waals surface area contributed by atoms with Crippen LogP contribution in [0.4, 0.5) is 26.3 Å². The molecule has 0 saturated carbocycles. The summed E-state index contributed by atoms with van der Waals surface area (Å²) in [5.74, 6) is -0.562. The molecule has 1 atom stereocenters. The molecule has 0 aliphatic rings. The van der Waals surface area contributed by atoms with E-state index in [9.17, 15) is 26.3 Å². The van der Waals surface area contributed by atoms with Crippen LogP contribution in [0.5, 0.6) is 5.75 Å². The highest BCUT2D eigenvalue weighted by Crippen LogP contribution is 2.36. The number of rotatable bonds is 7. The van der Waals surface area contributed by atoms with Crippen LogP contribution in [-0.4, -0.2) is 18.5 Å². The monoisotopic (exact) mass is 388 g/mol. The van der Waals surface area contributed by atoms with E-state index in [0.717, 1.165) is 30.5 Å². The molecule has 2 aromatic carbocycles. The Hall–Kier alpha value is -2.44. The molecule has 0 N–H and O–H groups in total. The van der Waals surface area contributed by atoms with Gasteiger partial charge in [-0.15, -0.1) is 0 Å². The van der Waals surface area contributed by atoms with Crippen molar-refractivity contribution in [1.82, 2.24) is 0 Å². The molecular formula is C20H18F6O. The largest absolute Gasteiger partial charge is 0.439 e. The second-order valence-electron chi connectivity index (χ2n) is 5.96. The Morgan fingerprint density at radius 3 is 1.78 bits per heavy atom. The molecule has 146 valence electrons. The highest BCUT2D eigenvalue weighted by Gasteiger charge is 2.59. The fourth-order valence-corrected chi connectivity index (χ4v) is 2.32. The number of aryl methyl sites for hydroxylation is 1. The van der Waals surface area contributed by atoms with E-state index >= 15 is 0 Å². The molecule has 1 nitrogen and oxygen atoms in total. The maximum absolute atomic E-state index is 13.2. The van der Waals surface area contributed by atoms with Crippen LogP contribution in [0.3, 0.4) is 0 Å². The molecule has 7 heteroatoms. The molecular weight excluding hydrogens is 370 g/mol. The SMILES string of the molecule is CCCc1ccc(C=Cc2ccc(OC(F)(F)C(F)C(F)(F)F)cc2)cc1. The topological polar surface area (TPSA) is 9.23 Å². The van der Waals surface area contributed by atoms with Crippen molar-refractivity contribution in [2.45, 2.75) is 38.2 Å². The molecule has 2 rings (SSSR count). The van der Waals surface area contributed by atoms with Gasteiger partial charge in [-0.1, -0.05) is 61.9 Å². The normalized spacial score (nSPS) is 13.7. The number of ether oxygens (including phenoxy) is 1. The average molecular weight is 388 g/mol. The third-order valence-corrected chi connectivity index (χ3v) is 3.70. The zero-order valence-electron chi connectivity index (χ0n) is 14.4. The van der Waals surface area contributed by atoms with Crippen molar-refractivity contribution < 1.29 is 31.1 Å². The minimum absolute atomic E-state index is 0.562. The van der Waals surface area contributed by atoms with Gasteiger partial charge >= 0.3 is 12.3 Å². The van der Waals surface area contributed by atoms with Gasteiger partial charge < -0.3 is 4.74 Å². The van der Waals surface area contributed by atoms with Gasteiger partial charge in [0, 0.05) is 0 Å². The van der Waals surface area contributed by atoms with Crippen LogP contribution in [0.2, 0.25) is 0 Å². The van der Waals surface area contributed by atoms with Crippen molar-refractivity contribution in [1.29, 1.82) is 0 Å². The van der Waals surface area contributed by atoms with Crippen molar-refractivity contribution in [2.24, 2.45) is 0 Å². The third-order valence-electron chi connectivity index (χ3n) is 3.70. The highest BCUT2D eigenvalue weighted by molar-refractivity contribution is 5.69. The van der Waals surface area contributed by atoms with Crippen LogP contribution < -0.4 is 4.74 Å². The molecule has 0 bridgehead atoms. The van der Waals surface area contributed by atoms with Crippen LogP contribution in [-0.2, 0) is 6.42 Å². The molecule has 27 heavy (non-hydrogen) atoms. The van der Waals surface area contributed by atoms with Crippen molar-refractivity contribution in [2.75, 3.05) is 0 Å². The molecule has 1 unspecified atom stereocenters. The summed E-state index contributed by atoms with van der Waals surface area (Å²) in [6.07, 6.45) is -9.56. The predicted octanol–water partition coefficient (Wildman–Crippen LogP) is 6.68. The van der Waals surface area contributed by atoms with Crippen LogP contribution in [0.25, 0.3) is 12.2 Å². The summed E-state index contributed by atoms with van der Waals surface area (Å²) in [6, 6.07) is 12.8. The van der Waals surface area contributed by atoms with Crippen molar-refractivity contribution in [3.8, 4) is 5.75 Å². The Bertz CT molecular complexity index is 748. The Balaban J connectivity index is 2.02. The number of benzene rings is 2. The molecule has 0 aliphatic carbocycles. The Morgan fingerprint density at radius 1 is 0.852 bits per heavy atom. The molecule has 0 amide bonds. The molecule has 0 radical (unpaired) electrons. The summed E-state index contributed by atoms with van der Waals surface area (Å²) in [4.78, 5) is 0. The molecule has 0 aliphatic heterocycles. The standard InChI is InChI=1S/C20H18F6O/c1-2-3-14-4-6-15(7-5-14)8-9-16-10-12-17(13-11-16)27-20(25,26)18(21)19(22,23)24/h4-13,18H,2-3H2,1H3. The van der Waals surface area contributed by atoms with Crippen molar-refractivity contribution >= 4 is 12.2 Å². The number of hydrogen-bond acceptors (Lipinski definition) is 1. The van der Waals surface area contributed by atoms with E-state index in [1.54, 1.807) is 12.2 Å². The second kappa shape index (κ2) is 8.50. The van der Waals surface area contributed by atoms with Crippen LogP contribution in [0.1, 0.15) is 30.0 Å². The summed E-state index contributed by atoms with van der Waals surface area (Å²) in [5.41, 5.74) is 2.78. The summed E-state index contributed by atoms with van der Waals surface area (Å²) in [6.45, 7) is 2.09. The van der Waals surface area contributed by atoms with E-state index in [-0.39, 0.29) is 0 Å². The minimum Gasteiger partial charge on any atom is -0.430 e. The summed E-state index contributed by atoms with van der Waals surface area (Å²) >= 11 is 0. The van der Waals surface area contributed by atoms with Crippen LogP contribution in [0.15, 0.2) is 48.5 Å². The fraction of sp³-hybridized carbons (Fsp3) is 0.300. The Morgan fingerprint density at radius 2 is 1.33 bits per heavy atom. The minimum atomic E-state index is -5.71. The van der Waals surface area contributed by atoms with Gasteiger partial charge in [0.25, 0.3) is 6.17 Å². The van der Waals surface area contributed by atoms with E-state index in [1.165, 1.54) is 17.7 Å². The van der Waals surface area contributed by atoms with Crippen LogP contribution >= 0.6 is 0 Å². The lowest BCUT2D eigenvalue weighted by molar-refractivity contribution is -0.304. The second-order valence-corrected chi connectivity index (χ2v) is 5.96. The third kappa shape index (κ3) is 6.05. The van der Waals surface area contributed by atoms with E-state index in [4.69, 9.17) is 0 Å². The number of halogens is 6. The van der Waals surface area contributed by atoms with E-state index in [0.29, 0.717) is 5.56 Å². The average Bonchev–Trinajstić information content (AvgIpc) is 2.61. The Labute approximate surface area is 153 Å². The van der Waals surface area contributed by atoms with Gasteiger partial charge in [-0.3, -0.25) is 0 Å². The van der Waals surface area contributed by atoms with Crippen molar-refractivity contribution in [3.63, 3.8) is 0 Å². The molecule has 0 saturated heterocycles. The lowest BCUT2D eigenvalue weighted by Crippen LogP contribution is -2.45. The van der Waals surface area contributed by atoms with Crippen LogP contribution in [0, 0.1) is 0 Å². The van der Waals surface area contributed by atoms with E-state index in [2.05, 4.69) is 11.7 Å². The van der Waals surface area contributed by atoms with E-state index in [1.807, 2.05) is 24.3 Å². The summed E-state index contributed by atoms with van der Waals surface area (Å²) in [7, 11) is 0. The van der Waals surface area contributed by atoms with Gasteiger partial charge in [0.2, 0.25) is 0 Å². The maximum Gasteiger partial charge on any atom is 0.439 e. The first-order chi connectivity index (χ1) is 12.6. The Kier molecular flexibility index (Phi) is 6.57. The van der Waals surface area contributed by atoms with Crippen molar-refractivity contribution in [3.05, 3.63) is 65.2 Å². The summed E-state index contributed by atoms with van der Waals surface area (Å²) in [5, 5.41) is 0. The highest BCUT2D eigenvalue weighted by atomic mass is 19.4. The van der Waals surface area contributed by atoms with Gasteiger partial charge in [-0.25, -0.2) is 4.39 Å². The van der Waals surface area contributed by atoms with Gasteiger partial charge in [-0.05, 0) is 35.2 Å². The molecule has 0 heterocycles. The quantitative estimate of drug-likeness (QED) is 0.380. The molecule has 0 spiro atoms. The zero-order chi connectivity index (χ0) is 20.1. The van der Waals surface area contributed by atoms with E-state index < -0.39 is 24.2 Å². The number of alkyl halides is 6. The first-order valence-electron chi connectivity index (χ1n) is 8.26. The zero-order valence-corrected chi connectivity index (χ0v) is 14.4. The molecule has 2 aromatic rings. The smallest absolute Gasteiger partial charge is 0.430 e. The maximum atomic E-state index is 13.2. The van der Waals surface area contributed by atoms with Gasteiger partial charge in [0.1, 0.15) is 5.75 Å². The lowest BCUT2D eigenvalue weighted by Gasteiger charge is -2.23. The predicted molar refractivity (Wildman–Crippen MR) is 92.3 cm³/mol. The lowest BCUT2D eigenvalue weighted by atomic mass is 10.1. The first kappa shape index (κ1) is 20.9. The molecule has 0 aromatic heterocycles. The van der Waals surface area contributed by atoms with Gasteiger partial charge in [0.05, 0.1) is 0 Å².